The van der Waals surface area contributed by atoms with Crippen LogP contribution in [0.4, 0.5) is 14.6 Å². The molecule has 178 valence electrons. The molecule has 0 unspecified atom stereocenters. The number of hydrogen-bond acceptors (Lipinski definition) is 9. The van der Waals surface area contributed by atoms with Gasteiger partial charge in [-0.1, -0.05) is 17.3 Å². The van der Waals surface area contributed by atoms with Crippen molar-refractivity contribution in [1.29, 1.82) is 0 Å². The van der Waals surface area contributed by atoms with Crippen LogP contribution in [0.2, 0.25) is 0 Å². The highest BCUT2D eigenvalue weighted by Gasteiger charge is 2.20. The number of rotatable bonds is 9. The quantitative estimate of drug-likeness (QED) is 0.360. The monoisotopic (exact) mass is 490 g/mol. The Balaban J connectivity index is 1.61. The van der Waals surface area contributed by atoms with Gasteiger partial charge in [-0.25, -0.2) is 22.8 Å². The molecule has 4 rings (SSSR count). The lowest BCUT2D eigenvalue weighted by Gasteiger charge is -2.18. The van der Waals surface area contributed by atoms with Crippen LogP contribution >= 0.6 is 0 Å². The van der Waals surface area contributed by atoms with Crippen molar-refractivity contribution in [3.8, 4) is 22.7 Å². The van der Waals surface area contributed by atoms with Gasteiger partial charge in [-0.2, -0.15) is 8.78 Å². The third-order valence-corrected chi connectivity index (χ3v) is 5.59. The van der Waals surface area contributed by atoms with Crippen LogP contribution in [0.1, 0.15) is 30.3 Å². The van der Waals surface area contributed by atoms with Crippen LogP contribution in [-0.4, -0.2) is 51.4 Å². The first-order valence-corrected chi connectivity index (χ1v) is 11.9. The van der Waals surface area contributed by atoms with E-state index >= 15 is 0 Å². The van der Waals surface area contributed by atoms with Crippen molar-refractivity contribution in [3.05, 3.63) is 60.2 Å². The summed E-state index contributed by atoms with van der Waals surface area (Å²) in [6.07, 6.45) is 1.89. The van der Waals surface area contributed by atoms with Gasteiger partial charge in [-0.15, -0.1) is 15.3 Å². The molecule has 11 nitrogen and oxygen atoms in total. The van der Waals surface area contributed by atoms with E-state index in [1.165, 1.54) is 0 Å². The van der Waals surface area contributed by atoms with E-state index in [1.54, 1.807) is 53.5 Å². The normalized spacial score (nSPS) is 12.8. The summed E-state index contributed by atoms with van der Waals surface area (Å²) >= 11 is 0. The van der Waals surface area contributed by atoms with Gasteiger partial charge in [0.2, 0.25) is 15.9 Å². The number of benzene rings is 1. The predicted octanol–water partition coefficient (Wildman–Crippen LogP) is 2.44. The second-order valence-electron chi connectivity index (χ2n) is 7.39. The highest BCUT2D eigenvalue weighted by Crippen LogP contribution is 2.28. The molecule has 1 atom stereocenters. The molecule has 0 saturated heterocycles. The molecule has 0 aliphatic carbocycles. The average molecular weight is 490 g/mol. The summed E-state index contributed by atoms with van der Waals surface area (Å²) in [5.74, 6) is -0.407. The summed E-state index contributed by atoms with van der Waals surface area (Å²) in [6.45, 7) is 0.158. The fourth-order valence-corrected chi connectivity index (χ4v) is 3.73. The Bertz CT molecular complexity index is 1360. The highest BCUT2D eigenvalue weighted by atomic mass is 32.2. The van der Waals surface area contributed by atoms with E-state index in [-0.39, 0.29) is 18.5 Å². The van der Waals surface area contributed by atoms with Gasteiger partial charge in [0.1, 0.15) is 11.5 Å². The largest absolute Gasteiger partial charge is 0.415 e. The van der Waals surface area contributed by atoms with Crippen LogP contribution in [0.15, 0.2) is 53.2 Å². The molecule has 3 N–H and O–H groups in total. The molecule has 0 amide bonds. The minimum absolute atomic E-state index is 0.0314. The van der Waals surface area contributed by atoms with Crippen molar-refractivity contribution in [1.82, 2.24) is 34.9 Å². The van der Waals surface area contributed by atoms with Crippen molar-refractivity contribution >= 4 is 15.8 Å². The van der Waals surface area contributed by atoms with Gasteiger partial charge in [0.15, 0.2) is 0 Å². The van der Waals surface area contributed by atoms with E-state index in [4.69, 9.17) is 10.2 Å². The Kier molecular flexibility index (Phi) is 6.61. The van der Waals surface area contributed by atoms with Crippen LogP contribution < -0.4 is 10.5 Å². The highest BCUT2D eigenvalue weighted by molar-refractivity contribution is 7.88. The van der Waals surface area contributed by atoms with Gasteiger partial charge in [-0.05, 0) is 36.2 Å². The fourth-order valence-electron chi connectivity index (χ4n) is 3.24. The van der Waals surface area contributed by atoms with Gasteiger partial charge in [0, 0.05) is 23.9 Å². The molecule has 0 aliphatic rings. The summed E-state index contributed by atoms with van der Waals surface area (Å²) in [6, 6.07) is 9.83. The first-order chi connectivity index (χ1) is 16.2. The molecular formula is C20H20F2N8O3S. The molecule has 34 heavy (non-hydrogen) atoms. The van der Waals surface area contributed by atoms with Crippen molar-refractivity contribution < 1.29 is 21.6 Å². The molecule has 0 radical (unpaired) electrons. The summed E-state index contributed by atoms with van der Waals surface area (Å²) in [5, 5.41) is 15.4. The molecule has 4 aromatic rings. The average Bonchev–Trinajstić information content (AvgIpc) is 3.47. The van der Waals surface area contributed by atoms with Crippen LogP contribution in [0.3, 0.4) is 0 Å². The van der Waals surface area contributed by atoms with E-state index in [9.17, 15) is 17.2 Å². The number of alkyl halides is 2. The zero-order valence-electron chi connectivity index (χ0n) is 17.8. The van der Waals surface area contributed by atoms with E-state index in [2.05, 4.69) is 30.2 Å². The van der Waals surface area contributed by atoms with Crippen molar-refractivity contribution in [2.24, 2.45) is 0 Å². The van der Waals surface area contributed by atoms with Crippen molar-refractivity contribution in [2.75, 3.05) is 18.5 Å². The zero-order chi connectivity index (χ0) is 24.3. The number of halogens is 2. The molecule has 0 saturated carbocycles. The third-order valence-electron chi connectivity index (χ3n) is 4.86. The maximum absolute atomic E-state index is 12.7. The van der Waals surface area contributed by atoms with Crippen LogP contribution in [0.25, 0.3) is 22.7 Å². The van der Waals surface area contributed by atoms with E-state index < -0.39 is 22.3 Å². The van der Waals surface area contributed by atoms with Gasteiger partial charge >= 0.3 is 6.43 Å². The van der Waals surface area contributed by atoms with E-state index in [0.29, 0.717) is 23.5 Å². The molecule has 0 aliphatic heterocycles. The Labute approximate surface area is 193 Å². The Morgan fingerprint density at radius 3 is 2.44 bits per heavy atom. The summed E-state index contributed by atoms with van der Waals surface area (Å²) in [4.78, 5) is 4.05. The van der Waals surface area contributed by atoms with Gasteiger partial charge < -0.3 is 10.2 Å². The molecule has 0 bridgehead atoms. The van der Waals surface area contributed by atoms with E-state index in [1.807, 2.05) is 0 Å². The van der Waals surface area contributed by atoms with Gasteiger partial charge in [0.05, 0.1) is 18.5 Å². The number of nitrogens with one attached hydrogen (secondary N) is 1. The van der Waals surface area contributed by atoms with E-state index in [0.717, 1.165) is 17.4 Å². The number of hydrogen-bond donors (Lipinski definition) is 2. The smallest absolute Gasteiger partial charge is 0.314 e. The molecule has 3 heterocycles. The van der Waals surface area contributed by atoms with Crippen molar-refractivity contribution in [2.45, 2.75) is 18.9 Å². The Morgan fingerprint density at radius 1 is 1.09 bits per heavy atom. The maximum Gasteiger partial charge on any atom is 0.314 e. The van der Waals surface area contributed by atoms with Crippen LogP contribution in [0, 0.1) is 0 Å². The number of nitrogen functional groups attached to an aromatic ring is 1. The van der Waals surface area contributed by atoms with Crippen LogP contribution in [-0.2, 0) is 10.0 Å². The minimum Gasteiger partial charge on any atom is -0.415 e. The Morgan fingerprint density at radius 2 is 1.82 bits per heavy atom. The molecular weight excluding hydrogens is 470 g/mol. The number of aromatic nitrogens is 6. The molecule has 0 spiro atoms. The molecule has 0 fully saturated rings. The lowest BCUT2D eigenvalue weighted by Crippen LogP contribution is -2.26. The second-order valence-corrected chi connectivity index (χ2v) is 9.23. The second kappa shape index (κ2) is 9.61. The topological polar surface area (TPSA) is 155 Å². The summed E-state index contributed by atoms with van der Waals surface area (Å²) < 4.78 is 57.6. The maximum atomic E-state index is 12.7. The predicted molar refractivity (Wildman–Crippen MR) is 118 cm³/mol. The number of anilines is 1. The molecule has 14 heteroatoms. The van der Waals surface area contributed by atoms with Crippen LogP contribution in [0.5, 0.6) is 0 Å². The summed E-state index contributed by atoms with van der Waals surface area (Å²) in [7, 11) is -3.38. The first kappa shape index (κ1) is 23.4. The van der Waals surface area contributed by atoms with Crippen molar-refractivity contribution in [3.63, 3.8) is 0 Å². The lowest BCUT2D eigenvalue weighted by molar-refractivity contribution is 0.116. The molecule has 1 aromatic carbocycles. The molecule has 3 aromatic heterocycles. The lowest BCUT2D eigenvalue weighted by atomic mass is 10.0. The van der Waals surface area contributed by atoms with Gasteiger partial charge in [0.25, 0.3) is 5.89 Å². The minimum atomic E-state index is -3.38. The number of nitrogens with zero attached hydrogens (tertiary/aromatic N) is 6. The van der Waals surface area contributed by atoms with Gasteiger partial charge in [-0.3, -0.25) is 0 Å². The zero-order valence-corrected chi connectivity index (χ0v) is 18.7. The number of nitrogens with two attached hydrogens (primary N) is 1. The third kappa shape index (κ3) is 5.58. The SMILES string of the molecule is CS(=O)(=O)NCC[C@H](c1ccc(-c2nnc(C(F)F)o2)cc1)n1cc(-c2ccc(N)nc2)nn1. The fraction of sp³-hybridized carbons (Fsp3) is 0.250. The summed E-state index contributed by atoms with van der Waals surface area (Å²) in [5.41, 5.74) is 8.16. The first-order valence-electron chi connectivity index (χ1n) is 10.00. The Hall–Kier alpha value is -3.78. The number of sulfonamides is 1. The number of pyridine rings is 1. The standard InChI is InChI=1S/C20H20F2N8O3S/c1-34(31,32)25-9-8-16(30-11-15(26-29-30)14-6-7-17(23)24-10-14)12-2-4-13(5-3-12)19-27-28-20(33-19)18(21)22/h2-7,10-11,16,18,25H,8-9H2,1H3,(H2,23,24)/t16-/m1/s1.